The third kappa shape index (κ3) is 3.10. The summed E-state index contributed by atoms with van der Waals surface area (Å²) in [6, 6.07) is 2.51. The molecule has 0 radical (unpaired) electrons. The van der Waals surface area contributed by atoms with E-state index in [0.717, 1.165) is 30.9 Å². The third-order valence-corrected chi connectivity index (χ3v) is 3.40. The van der Waals surface area contributed by atoms with Gasteiger partial charge in [-0.3, -0.25) is 4.79 Å². The fraction of sp³-hybridized carbons (Fsp3) is 0.643. The van der Waals surface area contributed by atoms with Gasteiger partial charge in [-0.2, -0.15) is 10.2 Å². The summed E-state index contributed by atoms with van der Waals surface area (Å²) in [6.45, 7) is 9.56. The normalized spacial score (nSPS) is 23.5. The monoisotopic (exact) mass is 262 g/mol. The van der Waals surface area contributed by atoms with E-state index in [0.29, 0.717) is 17.6 Å². The number of piperazine rings is 1. The second-order valence-electron chi connectivity index (χ2n) is 5.38. The maximum atomic E-state index is 12.7. The van der Waals surface area contributed by atoms with Gasteiger partial charge in [0.1, 0.15) is 0 Å². The van der Waals surface area contributed by atoms with Crippen LogP contribution in [0.5, 0.6) is 0 Å². The lowest BCUT2D eigenvalue weighted by Crippen LogP contribution is -2.56. The van der Waals surface area contributed by atoms with Crippen molar-refractivity contribution in [3.8, 4) is 0 Å². The maximum absolute atomic E-state index is 12.7. The average molecular weight is 262 g/mol. The molecule has 1 aromatic rings. The molecule has 19 heavy (non-hydrogen) atoms. The van der Waals surface area contributed by atoms with Crippen molar-refractivity contribution in [3.63, 3.8) is 0 Å². The van der Waals surface area contributed by atoms with Crippen LogP contribution >= 0.6 is 0 Å². The van der Waals surface area contributed by atoms with Crippen molar-refractivity contribution in [2.24, 2.45) is 0 Å². The minimum atomic E-state index is 0.0787. The van der Waals surface area contributed by atoms with E-state index < -0.39 is 0 Å². The SMILES string of the molecule is CCc1nnc(C)cc1C(=O)N1CC(C)NC(C)C1. The van der Waals surface area contributed by atoms with E-state index in [1.165, 1.54) is 0 Å². The Morgan fingerprint density at radius 3 is 2.58 bits per heavy atom. The molecule has 0 bridgehead atoms. The molecule has 2 unspecified atom stereocenters. The van der Waals surface area contributed by atoms with E-state index >= 15 is 0 Å². The van der Waals surface area contributed by atoms with E-state index in [9.17, 15) is 4.79 Å². The van der Waals surface area contributed by atoms with Gasteiger partial charge < -0.3 is 10.2 Å². The highest BCUT2D eigenvalue weighted by molar-refractivity contribution is 5.95. The van der Waals surface area contributed by atoms with Crippen LogP contribution in [0.1, 0.15) is 42.5 Å². The molecule has 2 heterocycles. The molecule has 1 aliphatic heterocycles. The van der Waals surface area contributed by atoms with Crippen LogP contribution in [-0.2, 0) is 6.42 Å². The predicted molar refractivity (Wildman–Crippen MR) is 74.1 cm³/mol. The minimum Gasteiger partial charge on any atom is -0.335 e. The maximum Gasteiger partial charge on any atom is 0.255 e. The zero-order valence-corrected chi connectivity index (χ0v) is 12.1. The molecular formula is C14H22N4O. The number of rotatable bonds is 2. The van der Waals surface area contributed by atoms with Crippen molar-refractivity contribution < 1.29 is 4.79 Å². The quantitative estimate of drug-likeness (QED) is 0.869. The number of hydrogen-bond acceptors (Lipinski definition) is 4. The van der Waals surface area contributed by atoms with E-state index in [1.807, 2.05) is 24.8 Å². The van der Waals surface area contributed by atoms with Gasteiger partial charge >= 0.3 is 0 Å². The first kappa shape index (κ1) is 13.9. The highest BCUT2D eigenvalue weighted by atomic mass is 16.2. The fourth-order valence-corrected chi connectivity index (χ4v) is 2.62. The number of nitrogens with zero attached hydrogens (tertiary/aromatic N) is 3. The van der Waals surface area contributed by atoms with E-state index in [-0.39, 0.29) is 5.91 Å². The fourth-order valence-electron chi connectivity index (χ4n) is 2.62. The molecule has 0 spiro atoms. The molecule has 1 N–H and O–H groups in total. The molecule has 0 aliphatic carbocycles. The zero-order valence-electron chi connectivity index (χ0n) is 12.1. The van der Waals surface area contributed by atoms with Crippen LogP contribution in [0.25, 0.3) is 0 Å². The van der Waals surface area contributed by atoms with Gasteiger partial charge in [-0.1, -0.05) is 6.92 Å². The standard InChI is InChI=1S/C14H22N4O/c1-5-13-12(6-9(2)16-17-13)14(19)18-7-10(3)15-11(4)8-18/h6,10-11,15H,5,7-8H2,1-4H3. The summed E-state index contributed by atoms with van der Waals surface area (Å²) in [6.07, 6.45) is 0.728. The highest BCUT2D eigenvalue weighted by Gasteiger charge is 2.27. The number of nitrogens with one attached hydrogen (secondary N) is 1. The van der Waals surface area contributed by atoms with Crippen molar-refractivity contribution in [2.75, 3.05) is 13.1 Å². The molecule has 0 aromatic carbocycles. The topological polar surface area (TPSA) is 58.1 Å². The Kier molecular flexibility index (Phi) is 4.14. The van der Waals surface area contributed by atoms with Gasteiger partial charge in [0.2, 0.25) is 0 Å². The lowest BCUT2D eigenvalue weighted by atomic mass is 10.1. The van der Waals surface area contributed by atoms with Crippen molar-refractivity contribution in [1.82, 2.24) is 20.4 Å². The largest absolute Gasteiger partial charge is 0.335 e. The number of carbonyl (C=O) groups is 1. The predicted octanol–water partition coefficient (Wildman–Crippen LogP) is 1.17. The lowest BCUT2D eigenvalue weighted by Gasteiger charge is -2.36. The smallest absolute Gasteiger partial charge is 0.255 e. The van der Waals surface area contributed by atoms with E-state index in [4.69, 9.17) is 0 Å². The van der Waals surface area contributed by atoms with E-state index in [1.54, 1.807) is 0 Å². The minimum absolute atomic E-state index is 0.0787. The Morgan fingerprint density at radius 1 is 1.37 bits per heavy atom. The van der Waals surface area contributed by atoms with Crippen LogP contribution in [0, 0.1) is 6.92 Å². The molecule has 5 heteroatoms. The Labute approximate surface area is 114 Å². The van der Waals surface area contributed by atoms with Crippen LogP contribution in [0.4, 0.5) is 0 Å². The molecule has 0 saturated carbocycles. The summed E-state index contributed by atoms with van der Waals surface area (Å²) >= 11 is 0. The Morgan fingerprint density at radius 2 is 2.00 bits per heavy atom. The number of aromatic nitrogens is 2. The number of aryl methyl sites for hydroxylation is 2. The van der Waals surface area contributed by atoms with Gasteiger partial charge in [0.15, 0.2) is 0 Å². The van der Waals surface area contributed by atoms with Crippen LogP contribution in [0.2, 0.25) is 0 Å². The molecule has 1 saturated heterocycles. The molecule has 2 atom stereocenters. The summed E-state index contributed by atoms with van der Waals surface area (Å²) in [5.41, 5.74) is 2.28. The molecule has 2 rings (SSSR count). The van der Waals surface area contributed by atoms with Gasteiger partial charge in [-0.15, -0.1) is 0 Å². The summed E-state index contributed by atoms with van der Waals surface area (Å²) in [5.74, 6) is 0.0787. The number of carbonyl (C=O) groups excluding carboxylic acids is 1. The highest BCUT2D eigenvalue weighted by Crippen LogP contribution is 2.14. The van der Waals surface area contributed by atoms with Gasteiger partial charge in [0.05, 0.1) is 17.0 Å². The van der Waals surface area contributed by atoms with E-state index in [2.05, 4.69) is 29.4 Å². The summed E-state index contributed by atoms with van der Waals surface area (Å²) < 4.78 is 0. The second kappa shape index (κ2) is 5.65. The van der Waals surface area contributed by atoms with Crippen molar-refractivity contribution in [2.45, 2.75) is 46.2 Å². The molecule has 5 nitrogen and oxygen atoms in total. The van der Waals surface area contributed by atoms with Crippen LogP contribution in [0.15, 0.2) is 6.07 Å². The van der Waals surface area contributed by atoms with Crippen molar-refractivity contribution in [1.29, 1.82) is 0 Å². The van der Waals surface area contributed by atoms with Gasteiger partial charge in [-0.25, -0.2) is 0 Å². The third-order valence-electron chi connectivity index (χ3n) is 3.40. The van der Waals surface area contributed by atoms with Crippen LogP contribution in [-0.4, -0.2) is 46.2 Å². The Hall–Kier alpha value is -1.49. The molecule has 1 aromatic heterocycles. The molecular weight excluding hydrogens is 240 g/mol. The summed E-state index contributed by atoms with van der Waals surface area (Å²) in [5, 5.41) is 11.6. The Balaban J connectivity index is 2.26. The molecule has 1 aliphatic rings. The van der Waals surface area contributed by atoms with Crippen LogP contribution in [0.3, 0.4) is 0 Å². The van der Waals surface area contributed by atoms with Crippen LogP contribution < -0.4 is 5.32 Å². The average Bonchev–Trinajstić information content (AvgIpc) is 2.36. The summed E-state index contributed by atoms with van der Waals surface area (Å²) in [7, 11) is 0. The second-order valence-corrected chi connectivity index (χ2v) is 5.38. The molecule has 1 fully saturated rings. The van der Waals surface area contributed by atoms with Gasteiger partial charge in [0, 0.05) is 25.2 Å². The lowest BCUT2D eigenvalue weighted by molar-refractivity contribution is 0.0671. The first-order chi connectivity index (χ1) is 9.01. The van der Waals surface area contributed by atoms with Crippen molar-refractivity contribution >= 4 is 5.91 Å². The molecule has 1 amide bonds. The number of amides is 1. The van der Waals surface area contributed by atoms with Crippen molar-refractivity contribution in [3.05, 3.63) is 23.0 Å². The number of hydrogen-bond donors (Lipinski definition) is 1. The van der Waals surface area contributed by atoms with Gasteiger partial charge in [-0.05, 0) is 33.3 Å². The summed E-state index contributed by atoms with van der Waals surface area (Å²) in [4.78, 5) is 14.6. The van der Waals surface area contributed by atoms with Gasteiger partial charge in [0.25, 0.3) is 5.91 Å². The first-order valence-corrected chi connectivity index (χ1v) is 6.89. The zero-order chi connectivity index (χ0) is 14.0. The Bertz CT molecular complexity index is 465. The first-order valence-electron chi connectivity index (χ1n) is 6.89. The molecule has 104 valence electrons.